The minimum atomic E-state index is -3.46. The molecule has 0 saturated carbocycles. The van der Waals surface area contributed by atoms with Crippen LogP contribution < -0.4 is 16.0 Å². The number of para-hydroxylation sites is 1. The second kappa shape index (κ2) is 4.54. The van der Waals surface area contributed by atoms with Crippen LogP contribution in [0, 0.1) is 0 Å². The highest BCUT2D eigenvalue weighted by molar-refractivity contribution is 7.90. The van der Waals surface area contributed by atoms with Gasteiger partial charge in [-0.15, -0.1) is 0 Å². The molecule has 1 aliphatic heterocycles. The van der Waals surface area contributed by atoms with Gasteiger partial charge in [-0.3, -0.25) is 14.9 Å². The Hall–Kier alpha value is -2.09. The van der Waals surface area contributed by atoms with Gasteiger partial charge in [0.25, 0.3) is 0 Å². The predicted molar refractivity (Wildman–Crippen MR) is 69.3 cm³/mol. The van der Waals surface area contributed by atoms with Crippen LogP contribution in [0.15, 0.2) is 23.1 Å². The Bertz CT molecular complexity index is 638. The summed E-state index contributed by atoms with van der Waals surface area (Å²) in [6, 6.07) is 4.50. The number of nitrogens with one attached hydrogen (secondary N) is 1. The number of nitrogens with zero attached hydrogens (tertiary/aromatic N) is 1. The third kappa shape index (κ3) is 2.68. The minimum absolute atomic E-state index is 0.0107. The number of nitrogen functional groups attached to an aromatic ring is 1. The highest BCUT2D eigenvalue weighted by Gasteiger charge is 2.25. The van der Waals surface area contributed by atoms with Crippen LogP contribution in [0.4, 0.5) is 11.4 Å². The van der Waals surface area contributed by atoms with Gasteiger partial charge in [-0.1, -0.05) is 6.07 Å². The lowest BCUT2D eigenvalue weighted by Gasteiger charge is -2.28. The molecule has 102 valence electrons. The third-order valence-electron chi connectivity index (χ3n) is 2.73. The Morgan fingerprint density at radius 1 is 1.21 bits per heavy atom. The lowest BCUT2D eigenvalue weighted by atomic mass is 10.2. The summed E-state index contributed by atoms with van der Waals surface area (Å²) < 4.78 is 23.1. The van der Waals surface area contributed by atoms with E-state index < -0.39 is 21.7 Å². The summed E-state index contributed by atoms with van der Waals surface area (Å²) in [5.74, 6) is -0.888. The molecule has 1 saturated heterocycles. The Balaban J connectivity index is 2.46. The first-order chi connectivity index (χ1) is 8.79. The van der Waals surface area contributed by atoms with Crippen molar-refractivity contribution in [2.45, 2.75) is 4.90 Å². The molecule has 19 heavy (non-hydrogen) atoms. The van der Waals surface area contributed by atoms with Gasteiger partial charge in [0.05, 0.1) is 29.4 Å². The van der Waals surface area contributed by atoms with Crippen LogP contribution in [0.5, 0.6) is 0 Å². The number of imide groups is 1. The molecule has 3 N–H and O–H groups in total. The topological polar surface area (TPSA) is 110 Å². The zero-order valence-electron chi connectivity index (χ0n) is 10.2. The minimum Gasteiger partial charge on any atom is -0.396 e. The average molecular weight is 283 g/mol. The lowest BCUT2D eigenvalue weighted by molar-refractivity contribution is -0.130. The molecular formula is C11H13N3O4S. The van der Waals surface area contributed by atoms with Crippen molar-refractivity contribution in [2.24, 2.45) is 0 Å². The second-order valence-corrected chi connectivity index (χ2v) is 6.27. The Labute approximate surface area is 110 Å². The van der Waals surface area contributed by atoms with Crippen molar-refractivity contribution in [3.63, 3.8) is 0 Å². The summed E-state index contributed by atoms with van der Waals surface area (Å²) in [5.41, 5.74) is 6.24. The van der Waals surface area contributed by atoms with Crippen molar-refractivity contribution >= 4 is 33.0 Å². The van der Waals surface area contributed by atoms with Gasteiger partial charge < -0.3 is 10.6 Å². The molecule has 1 heterocycles. The van der Waals surface area contributed by atoms with Crippen LogP contribution in [0.1, 0.15) is 0 Å². The fourth-order valence-corrected chi connectivity index (χ4v) is 2.77. The Morgan fingerprint density at radius 3 is 2.32 bits per heavy atom. The number of nitrogens with two attached hydrogens (primary N) is 1. The molecule has 1 fully saturated rings. The van der Waals surface area contributed by atoms with Crippen molar-refractivity contribution in [3.05, 3.63) is 18.2 Å². The number of amides is 2. The molecule has 2 rings (SSSR count). The van der Waals surface area contributed by atoms with Crippen LogP contribution in [0.3, 0.4) is 0 Å². The standard InChI is InChI=1S/C11H13N3O4S/c1-19(17,18)8-4-2-3-7(11(8)12)14-5-9(15)13-10(16)6-14/h2-4H,5-6,12H2,1H3,(H,13,15,16). The average Bonchev–Trinajstić information content (AvgIpc) is 2.26. The lowest BCUT2D eigenvalue weighted by Crippen LogP contribution is -2.51. The van der Waals surface area contributed by atoms with E-state index in [0.717, 1.165) is 6.26 Å². The van der Waals surface area contributed by atoms with Crippen molar-refractivity contribution in [1.82, 2.24) is 5.32 Å². The van der Waals surface area contributed by atoms with Crippen LogP contribution in [0.25, 0.3) is 0 Å². The number of rotatable bonds is 2. The molecule has 1 aromatic rings. The van der Waals surface area contributed by atoms with Gasteiger partial charge >= 0.3 is 0 Å². The first kappa shape index (κ1) is 13.3. The van der Waals surface area contributed by atoms with Gasteiger partial charge in [-0.05, 0) is 12.1 Å². The Kier molecular flexibility index (Phi) is 3.19. The normalized spacial score (nSPS) is 16.4. The van der Waals surface area contributed by atoms with E-state index in [0.29, 0.717) is 5.69 Å². The zero-order valence-corrected chi connectivity index (χ0v) is 11.0. The first-order valence-electron chi connectivity index (χ1n) is 5.45. The number of sulfone groups is 1. The quantitative estimate of drug-likeness (QED) is 0.539. The number of anilines is 2. The van der Waals surface area contributed by atoms with E-state index in [1.807, 2.05) is 0 Å². The maximum Gasteiger partial charge on any atom is 0.246 e. The Morgan fingerprint density at radius 2 is 1.79 bits per heavy atom. The van der Waals surface area contributed by atoms with Crippen LogP contribution >= 0.6 is 0 Å². The number of piperazine rings is 1. The van der Waals surface area contributed by atoms with E-state index in [-0.39, 0.29) is 23.7 Å². The number of hydrogen-bond donors (Lipinski definition) is 2. The first-order valence-corrected chi connectivity index (χ1v) is 7.34. The number of hydrogen-bond acceptors (Lipinski definition) is 6. The number of benzene rings is 1. The molecule has 0 aromatic heterocycles. The van der Waals surface area contributed by atoms with Gasteiger partial charge in [-0.25, -0.2) is 8.42 Å². The van der Waals surface area contributed by atoms with Gasteiger partial charge in [0.15, 0.2) is 9.84 Å². The summed E-state index contributed by atoms with van der Waals surface area (Å²) in [4.78, 5) is 24.1. The SMILES string of the molecule is CS(=O)(=O)c1cccc(N2CC(=O)NC(=O)C2)c1N. The third-order valence-corrected chi connectivity index (χ3v) is 3.89. The molecule has 1 aliphatic rings. The van der Waals surface area contributed by atoms with Crippen molar-refractivity contribution in [2.75, 3.05) is 30.0 Å². The van der Waals surface area contributed by atoms with Gasteiger partial charge in [0, 0.05) is 6.26 Å². The van der Waals surface area contributed by atoms with Gasteiger partial charge in [0.1, 0.15) is 0 Å². The maximum absolute atomic E-state index is 11.6. The van der Waals surface area contributed by atoms with E-state index in [2.05, 4.69) is 5.32 Å². The van der Waals surface area contributed by atoms with Crippen LogP contribution in [0.2, 0.25) is 0 Å². The summed E-state index contributed by atoms with van der Waals surface area (Å²) in [7, 11) is -3.46. The molecule has 1 aromatic carbocycles. The summed E-state index contributed by atoms with van der Waals surface area (Å²) >= 11 is 0. The highest BCUT2D eigenvalue weighted by atomic mass is 32.2. The summed E-state index contributed by atoms with van der Waals surface area (Å²) in [6.07, 6.45) is 1.05. The molecule has 7 nitrogen and oxygen atoms in total. The fourth-order valence-electron chi connectivity index (χ4n) is 1.94. The fraction of sp³-hybridized carbons (Fsp3) is 0.273. The molecule has 0 atom stereocenters. The van der Waals surface area contributed by atoms with Crippen molar-refractivity contribution < 1.29 is 18.0 Å². The number of carbonyl (C=O) groups is 2. The maximum atomic E-state index is 11.6. The second-order valence-electron chi connectivity index (χ2n) is 4.29. The molecular weight excluding hydrogens is 270 g/mol. The van der Waals surface area contributed by atoms with E-state index in [1.54, 1.807) is 6.07 Å². The predicted octanol–water partition coefficient (Wildman–Crippen LogP) is -0.865. The van der Waals surface area contributed by atoms with Crippen molar-refractivity contribution in [3.8, 4) is 0 Å². The van der Waals surface area contributed by atoms with Crippen LogP contribution in [-0.4, -0.2) is 39.6 Å². The molecule has 0 spiro atoms. The van der Waals surface area contributed by atoms with Crippen molar-refractivity contribution in [1.29, 1.82) is 0 Å². The van der Waals surface area contributed by atoms with Crippen LogP contribution in [-0.2, 0) is 19.4 Å². The molecule has 0 radical (unpaired) electrons. The molecule has 0 aliphatic carbocycles. The summed E-state index contributed by atoms with van der Waals surface area (Å²) in [6.45, 7) is -0.0771. The van der Waals surface area contributed by atoms with E-state index in [1.165, 1.54) is 17.0 Å². The van der Waals surface area contributed by atoms with Gasteiger partial charge in [0.2, 0.25) is 11.8 Å². The zero-order chi connectivity index (χ0) is 14.2. The summed E-state index contributed by atoms with van der Waals surface area (Å²) in [5, 5.41) is 2.16. The highest BCUT2D eigenvalue weighted by Crippen LogP contribution is 2.29. The largest absolute Gasteiger partial charge is 0.396 e. The molecule has 0 bridgehead atoms. The van der Waals surface area contributed by atoms with E-state index in [9.17, 15) is 18.0 Å². The molecule has 8 heteroatoms. The number of carbonyl (C=O) groups excluding carboxylic acids is 2. The van der Waals surface area contributed by atoms with E-state index in [4.69, 9.17) is 5.73 Å². The molecule has 0 unspecified atom stereocenters. The monoisotopic (exact) mass is 283 g/mol. The molecule has 2 amide bonds. The smallest absolute Gasteiger partial charge is 0.246 e. The van der Waals surface area contributed by atoms with E-state index >= 15 is 0 Å². The van der Waals surface area contributed by atoms with Gasteiger partial charge in [-0.2, -0.15) is 0 Å².